The lowest BCUT2D eigenvalue weighted by Crippen LogP contribution is -2.40. The highest BCUT2D eigenvalue weighted by Gasteiger charge is 2.18. The maximum Gasteiger partial charge on any atom is 0.293 e. The largest absolute Gasteiger partial charge is 0.389 e. The van der Waals surface area contributed by atoms with E-state index in [1.807, 2.05) is 6.92 Å². The topological polar surface area (TPSA) is 58.4 Å². The third-order valence-corrected chi connectivity index (χ3v) is 2.35. The van der Waals surface area contributed by atoms with Gasteiger partial charge >= 0.3 is 0 Å². The van der Waals surface area contributed by atoms with Crippen molar-refractivity contribution in [3.63, 3.8) is 0 Å². The maximum atomic E-state index is 12.1. The van der Waals surface area contributed by atoms with Crippen molar-refractivity contribution in [2.75, 3.05) is 18.5 Å². The van der Waals surface area contributed by atoms with Crippen LogP contribution >= 0.6 is 0 Å². The Morgan fingerprint density at radius 3 is 2.71 bits per heavy atom. The molecule has 17 heavy (non-hydrogen) atoms. The Hall–Kier alpha value is -1.36. The van der Waals surface area contributed by atoms with Crippen LogP contribution in [0.5, 0.6) is 0 Å². The van der Waals surface area contributed by atoms with Crippen molar-refractivity contribution in [2.45, 2.75) is 39.3 Å². The molecule has 96 valence electrons. The molecule has 0 atom stereocenters. The van der Waals surface area contributed by atoms with Crippen molar-refractivity contribution < 1.29 is 5.11 Å². The fraction of sp³-hybridized carbons (Fsp3) is 0.667. The molecule has 0 aliphatic rings. The van der Waals surface area contributed by atoms with E-state index in [4.69, 9.17) is 0 Å². The van der Waals surface area contributed by atoms with Gasteiger partial charge in [-0.15, -0.1) is 0 Å². The van der Waals surface area contributed by atoms with Crippen LogP contribution < -0.4 is 10.5 Å². The van der Waals surface area contributed by atoms with Gasteiger partial charge < -0.3 is 14.6 Å². The van der Waals surface area contributed by atoms with Crippen LogP contribution in [0.25, 0.3) is 0 Å². The summed E-state index contributed by atoms with van der Waals surface area (Å²) in [7, 11) is 1.76. The molecule has 0 spiro atoms. The number of nitrogens with zero attached hydrogens (tertiary/aromatic N) is 3. The lowest BCUT2D eigenvalue weighted by Gasteiger charge is -2.26. The SMILES string of the molecule is CCCn1ccnc(N(C)CC(C)(C)O)c1=O. The Morgan fingerprint density at radius 2 is 2.18 bits per heavy atom. The van der Waals surface area contributed by atoms with E-state index in [2.05, 4.69) is 4.98 Å². The van der Waals surface area contributed by atoms with Crippen LogP contribution in [0.15, 0.2) is 17.2 Å². The van der Waals surface area contributed by atoms with Gasteiger partial charge in [0.2, 0.25) is 0 Å². The van der Waals surface area contributed by atoms with Crippen LogP contribution in [0, 0.1) is 0 Å². The van der Waals surface area contributed by atoms with E-state index in [0.29, 0.717) is 18.9 Å². The Labute approximate surface area is 102 Å². The minimum atomic E-state index is -0.853. The van der Waals surface area contributed by atoms with Gasteiger partial charge in [0.25, 0.3) is 5.56 Å². The lowest BCUT2D eigenvalue weighted by atomic mass is 10.1. The first-order chi connectivity index (χ1) is 7.85. The number of hydrogen-bond donors (Lipinski definition) is 1. The van der Waals surface area contributed by atoms with Gasteiger partial charge in [-0.2, -0.15) is 0 Å². The second-order valence-corrected chi connectivity index (χ2v) is 4.92. The number of aryl methyl sites for hydroxylation is 1. The first kappa shape index (κ1) is 13.7. The molecule has 0 fully saturated rings. The van der Waals surface area contributed by atoms with Gasteiger partial charge in [0.15, 0.2) is 5.82 Å². The zero-order valence-electron chi connectivity index (χ0n) is 11.0. The minimum Gasteiger partial charge on any atom is -0.389 e. The monoisotopic (exact) mass is 239 g/mol. The van der Waals surface area contributed by atoms with Gasteiger partial charge in [0.1, 0.15) is 0 Å². The molecule has 0 saturated carbocycles. The summed E-state index contributed by atoms with van der Waals surface area (Å²) in [5, 5.41) is 9.73. The Kier molecular flexibility index (Phi) is 4.28. The van der Waals surface area contributed by atoms with Crippen LogP contribution in [-0.4, -0.2) is 33.9 Å². The summed E-state index contributed by atoms with van der Waals surface area (Å²) < 4.78 is 1.64. The molecule has 0 aromatic carbocycles. The van der Waals surface area contributed by atoms with Gasteiger partial charge in [-0.05, 0) is 20.3 Å². The Balaban J connectivity index is 2.98. The molecule has 0 radical (unpaired) electrons. The van der Waals surface area contributed by atoms with Crippen molar-refractivity contribution in [3.8, 4) is 0 Å². The van der Waals surface area contributed by atoms with Crippen molar-refractivity contribution in [3.05, 3.63) is 22.7 Å². The molecule has 1 aromatic heterocycles. The Bertz CT molecular complexity index is 420. The summed E-state index contributed by atoms with van der Waals surface area (Å²) >= 11 is 0. The van der Waals surface area contributed by atoms with Crippen LogP contribution in [0.1, 0.15) is 27.2 Å². The van der Waals surface area contributed by atoms with E-state index in [-0.39, 0.29) is 5.56 Å². The molecule has 5 nitrogen and oxygen atoms in total. The van der Waals surface area contributed by atoms with E-state index in [9.17, 15) is 9.90 Å². The molecular formula is C12H21N3O2. The van der Waals surface area contributed by atoms with Crippen LogP contribution in [0.4, 0.5) is 5.82 Å². The van der Waals surface area contributed by atoms with Gasteiger partial charge in [-0.25, -0.2) is 4.98 Å². The number of likely N-dealkylation sites (N-methyl/N-ethyl adjacent to an activating group) is 1. The first-order valence-corrected chi connectivity index (χ1v) is 5.84. The molecule has 5 heteroatoms. The Morgan fingerprint density at radius 1 is 1.53 bits per heavy atom. The normalized spacial score (nSPS) is 11.6. The molecule has 0 amide bonds. The van der Waals surface area contributed by atoms with Crippen LogP contribution in [0.2, 0.25) is 0 Å². The standard InChI is InChI=1S/C12H21N3O2/c1-5-7-15-8-6-13-10(11(15)16)14(4)9-12(2,3)17/h6,8,17H,5,7,9H2,1-4H3. The average Bonchev–Trinajstić information content (AvgIpc) is 2.18. The highest BCUT2D eigenvalue weighted by molar-refractivity contribution is 5.34. The van der Waals surface area contributed by atoms with Crippen molar-refractivity contribution >= 4 is 5.82 Å². The smallest absolute Gasteiger partial charge is 0.293 e. The van der Waals surface area contributed by atoms with Gasteiger partial charge in [-0.1, -0.05) is 6.92 Å². The predicted octanol–water partition coefficient (Wildman–Crippen LogP) is 0.860. The molecule has 1 N–H and O–H groups in total. The zero-order chi connectivity index (χ0) is 13.1. The molecule has 0 unspecified atom stereocenters. The van der Waals surface area contributed by atoms with E-state index in [1.54, 1.807) is 42.8 Å². The quantitative estimate of drug-likeness (QED) is 0.828. The second kappa shape index (κ2) is 5.31. The van der Waals surface area contributed by atoms with Crippen molar-refractivity contribution in [1.82, 2.24) is 9.55 Å². The summed E-state index contributed by atoms with van der Waals surface area (Å²) in [6.07, 6.45) is 4.21. The molecule has 1 aromatic rings. The molecular weight excluding hydrogens is 218 g/mol. The summed E-state index contributed by atoms with van der Waals surface area (Å²) in [5.74, 6) is 0.378. The van der Waals surface area contributed by atoms with E-state index in [0.717, 1.165) is 6.42 Å². The molecule has 0 aliphatic carbocycles. The number of hydrogen-bond acceptors (Lipinski definition) is 4. The highest BCUT2D eigenvalue weighted by Crippen LogP contribution is 2.08. The summed E-state index contributed by atoms with van der Waals surface area (Å²) in [4.78, 5) is 17.8. The fourth-order valence-electron chi connectivity index (χ4n) is 1.77. The van der Waals surface area contributed by atoms with Crippen LogP contribution in [0.3, 0.4) is 0 Å². The summed E-state index contributed by atoms with van der Waals surface area (Å²) in [6.45, 7) is 6.48. The average molecular weight is 239 g/mol. The number of aromatic nitrogens is 2. The lowest BCUT2D eigenvalue weighted by molar-refractivity contribution is 0.0884. The second-order valence-electron chi connectivity index (χ2n) is 4.92. The number of anilines is 1. The third-order valence-electron chi connectivity index (χ3n) is 2.35. The van der Waals surface area contributed by atoms with Crippen molar-refractivity contribution in [2.24, 2.45) is 0 Å². The van der Waals surface area contributed by atoms with Gasteiger partial charge in [0.05, 0.1) is 5.60 Å². The minimum absolute atomic E-state index is 0.110. The van der Waals surface area contributed by atoms with E-state index in [1.165, 1.54) is 0 Å². The molecule has 1 rings (SSSR count). The zero-order valence-corrected chi connectivity index (χ0v) is 11.0. The fourth-order valence-corrected chi connectivity index (χ4v) is 1.77. The summed E-state index contributed by atoms with van der Waals surface area (Å²) in [6, 6.07) is 0. The molecule has 1 heterocycles. The first-order valence-electron chi connectivity index (χ1n) is 5.84. The van der Waals surface area contributed by atoms with Gasteiger partial charge in [-0.3, -0.25) is 4.79 Å². The van der Waals surface area contributed by atoms with Crippen molar-refractivity contribution in [1.29, 1.82) is 0 Å². The maximum absolute atomic E-state index is 12.1. The highest BCUT2D eigenvalue weighted by atomic mass is 16.3. The molecule has 0 saturated heterocycles. The van der Waals surface area contributed by atoms with E-state index >= 15 is 0 Å². The molecule has 0 bridgehead atoms. The van der Waals surface area contributed by atoms with E-state index < -0.39 is 5.60 Å². The third kappa shape index (κ3) is 3.85. The number of rotatable bonds is 5. The number of aliphatic hydroxyl groups is 1. The predicted molar refractivity (Wildman–Crippen MR) is 68.4 cm³/mol. The van der Waals surface area contributed by atoms with Gasteiger partial charge in [0, 0.05) is 32.5 Å². The molecule has 0 aliphatic heterocycles. The summed E-state index contributed by atoms with van der Waals surface area (Å²) in [5.41, 5.74) is -0.963. The van der Waals surface area contributed by atoms with Crippen LogP contribution in [-0.2, 0) is 6.54 Å².